The first-order chi connectivity index (χ1) is 14.6. The summed E-state index contributed by atoms with van der Waals surface area (Å²) >= 11 is 0. The second-order valence-corrected chi connectivity index (χ2v) is 8.68. The van der Waals surface area contributed by atoms with E-state index in [-0.39, 0.29) is 11.9 Å². The maximum absolute atomic E-state index is 12.6. The summed E-state index contributed by atoms with van der Waals surface area (Å²) < 4.78 is 0. The molecule has 3 heterocycles. The van der Waals surface area contributed by atoms with E-state index in [1.807, 2.05) is 25.1 Å². The minimum atomic E-state index is 0.0261. The summed E-state index contributed by atoms with van der Waals surface area (Å²) in [7, 11) is 0. The Balaban J connectivity index is 1.29. The summed E-state index contributed by atoms with van der Waals surface area (Å²) in [5.74, 6) is 1.96. The molecule has 2 fully saturated rings. The number of aromatic nitrogens is 2. The third kappa shape index (κ3) is 4.91. The van der Waals surface area contributed by atoms with Crippen LogP contribution < -0.4 is 15.1 Å². The zero-order valence-corrected chi connectivity index (χ0v) is 18.2. The van der Waals surface area contributed by atoms with E-state index in [0.29, 0.717) is 0 Å². The van der Waals surface area contributed by atoms with Gasteiger partial charge >= 0.3 is 0 Å². The fourth-order valence-electron chi connectivity index (χ4n) is 4.36. The van der Waals surface area contributed by atoms with E-state index in [9.17, 15) is 4.79 Å². The number of hydrogen-bond acceptors (Lipinski definition) is 5. The first kappa shape index (κ1) is 20.6. The molecule has 0 spiro atoms. The lowest BCUT2D eigenvalue weighted by Gasteiger charge is -2.33. The van der Waals surface area contributed by atoms with Gasteiger partial charge in [-0.25, -0.2) is 0 Å². The lowest BCUT2D eigenvalue weighted by atomic mass is 10.0. The molecule has 1 N–H and O–H groups in total. The molecule has 0 saturated carbocycles. The van der Waals surface area contributed by atoms with E-state index >= 15 is 0 Å². The SMILES string of the molecule is Cc1ccc(C(=O)NC2CCN(c3ccc(N4CCCCCC4)nn3)CC2)cc1C. The molecule has 4 rings (SSSR count). The monoisotopic (exact) mass is 407 g/mol. The zero-order valence-electron chi connectivity index (χ0n) is 18.2. The Morgan fingerprint density at radius 2 is 1.43 bits per heavy atom. The molecule has 1 amide bonds. The number of rotatable bonds is 4. The zero-order chi connectivity index (χ0) is 20.9. The molecule has 2 aliphatic heterocycles. The third-order valence-corrected chi connectivity index (χ3v) is 6.49. The van der Waals surface area contributed by atoms with E-state index in [2.05, 4.69) is 44.4 Å². The molecule has 0 aliphatic carbocycles. The smallest absolute Gasteiger partial charge is 0.251 e. The van der Waals surface area contributed by atoms with Gasteiger partial charge in [-0.15, -0.1) is 10.2 Å². The quantitative estimate of drug-likeness (QED) is 0.834. The number of piperidine rings is 1. The fraction of sp³-hybridized carbons (Fsp3) is 0.542. The molecule has 6 nitrogen and oxygen atoms in total. The Labute approximate surface area is 179 Å². The van der Waals surface area contributed by atoms with Gasteiger partial charge in [0.15, 0.2) is 11.6 Å². The van der Waals surface area contributed by atoms with E-state index in [0.717, 1.165) is 61.8 Å². The van der Waals surface area contributed by atoms with Crippen molar-refractivity contribution in [2.45, 2.75) is 58.4 Å². The maximum Gasteiger partial charge on any atom is 0.251 e. The van der Waals surface area contributed by atoms with Gasteiger partial charge in [-0.1, -0.05) is 18.9 Å². The number of hydrogen-bond donors (Lipinski definition) is 1. The van der Waals surface area contributed by atoms with Crippen LogP contribution in [0.15, 0.2) is 30.3 Å². The van der Waals surface area contributed by atoms with Crippen molar-refractivity contribution in [2.75, 3.05) is 36.0 Å². The van der Waals surface area contributed by atoms with E-state index < -0.39 is 0 Å². The molecular formula is C24H33N5O. The molecule has 2 aromatic rings. The highest BCUT2D eigenvalue weighted by Gasteiger charge is 2.23. The van der Waals surface area contributed by atoms with Crippen LogP contribution in [0.1, 0.15) is 60.0 Å². The minimum Gasteiger partial charge on any atom is -0.355 e. The summed E-state index contributed by atoms with van der Waals surface area (Å²) in [6, 6.07) is 10.3. The molecule has 160 valence electrons. The summed E-state index contributed by atoms with van der Waals surface area (Å²) in [5, 5.41) is 12.2. The van der Waals surface area contributed by atoms with Crippen molar-refractivity contribution in [2.24, 2.45) is 0 Å². The van der Waals surface area contributed by atoms with Gasteiger partial charge in [0, 0.05) is 37.8 Å². The van der Waals surface area contributed by atoms with Gasteiger partial charge in [0.05, 0.1) is 0 Å². The van der Waals surface area contributed by atoms with Gasteiger partial charge in [-0.3, -0.25) is 4.79 Å². The van der Waals surface area contributed by atoms with Gasteiger partial charge in [-0.2, -0.15) is 0 Å². The number of nitrogens with zero attached hydrogens (tertiary/aromatic N) is 4. The van der Waals surface area contributed by atoms with Crippen LogP contribution in [-0.2, 0) is 0 Å². The van der Waals surface area contributed by atoms with Gasteiger partial charge in [-0.05, 0) is 74.9 Å². The summed E-state index contributed by atoms with van der Waals surface area (Å²) in [5.41, 5.74) is 3.11. The Kier molecular flexibility index (Phi) is 6.50. The Bertz CT molecular complexity index is 850. The average Bonchev–Trinajstić information content (AvgIpc) is 3.06. The van der Waals surface area contributed by atoms with Crippen molar-refractivity contribution in [3.63, 3.8) is 0 Å². The number of anilines is 2. The van der Waals surface area contributed by atoms with Crippen LogP contribution in [0.5, 0.6) is 0 Å². The number of carbonyl (C=O) groups excluding carboxylic acids is 1. The van der Waals surface area contributed by atoms with E-state index in [1.54, 1.807) is 0 Å². The minimum absolute atomic E-state index is 0.0261. The molecule has 0 radical (unpaired) electrons. The molecule has 2 aliphatic rings. The van der Waals surface area contributed by atoms with Crippen molar-refractivity contribution in [3.05, 3.63) is 47.0 Å². The lowest BCUT2D eigenvalue weighted by Crippen LogP contribution is -2.45. The molecule has 0 bridgehead atoms. The third-order valence-electron chi connectivity index (χ3n) is 6.49. The van der Waals surface area contributed by atoms with E-state index in [4.69, 9.17) is 0 Å². The Morgan fingerprint density at radius 1 is 0.833 bits per heavy atom. The predicted molar refractivity (Wildman–Crippen MR) is 121 cm³/mol. The Morgan fingerprint density at radius 3 is 2.00 bits per heavy atom. The molecule has 1 aromatic heterocycles. The molecule has 0 atom stereocenters. The normalized spacial score (nSPS) is 18.2. The van der Waals surface area contributed by atoms with Crippen LogP contribution in [0.25, 0.3) is 0 Å². The topological polar surface area (TPSA) is 61.4 Å². The fourth-order valence-corrected chi connectivity index (χ4v) is 4.36. The summed E-state index contributed by atoms with van der Waals surface area (Å²) in [4.78, 5) is 17.2. The maximum atomic E-state index is 12.6. The second kappa shape index (κ2) is 9.45. The average molecular weight is 408 g/mol. The largest absolute Gasteiger partial charge is 0.355 e. The van der Waals surface area contributed by atoms with Gasteiger partial charge < -0.3 is 15.1 Å². The second-order valence-electron chi connectivity index (χ2n) is 8.68. The van der Waals surface area contributed by atoms with Crippen LogP contribution >= 0.6 is 0 Å². The number of aryl methyl sites for hydroxylation is 2. The van der Waals surface area contributed by atoms with Crippen LogP contribution in [0.2, 0.25) is 0 Å². The highest BCUT2D eigenvalue weighted by Crippen LogP contribution is 2.21. The van der Waals surface area contributed by atoms with Crippen molar-refractivity contribution in [1.29, 1.82) is 0 Å². The molecular weight excluding hydrogens is 374 g/mol. The number of carbonyl (C=O) groups is 1. The van der Waals surface area contributed by atoms with Gasteiger partial charge in [0.1, 0.15) is 0 Å². The molecule has 30 heavy (non-hydrogen) atoms. The first-order valence-corrected chi connectivity index (χ1v) is 11.3. The van der Waals surface area contributed by atoms with Crippen LogP contribution in [-0.4, -0.2) is 48.3 Å². The first-order valence-electron chi connectivity index (χ1n) is 11.3. The highest BCUT2D eigenvalue weighted by molar-refractivity contribution is 5.94. The van der Waals surface area contributed by atoms with Gasteiger partial charge in [0.25, 0.3) is 5.91 Å². The van der Waals surface area contributed by atoms with Gasteiger partial charge in [0.2, 0.25) is 0 Å². The standard InChI is InChI=1S/C24H33N5O/c1-18-7-8-20(17-19(18)2)24(30)25-21-11-15-29(16-12-21)23-10-9-22(26-27-23)28-13-5-3-4-6-14-28/h7-10,17,21H,3-6,11-16H2,1-2H3,(H,25,30). The van der Waals surface area contributed by atoms with Crippen molar-refractivity contribution in [3.8, 4) is 0 Å². The van der Waals surface area contributed by atoms with Crippen molar-refractivity contribution in [1.82, 2.24) is 15.5 Å². The van der Waals surface area contributed by atoms with Crippen LogP contribution in [0, 0.1) is 13.8 Å². The predicted octanol–water partition coefficient (Wildman–Crippen LogP) is 3.87. The number of nitrogens with one attached hydrogen (secondary N) is 1. The molecule has 6 heteroatoms. The van der Waals surface area contributed by atoms with Crippen molar-refractivity contribution >= 4 is 17.5 Å². The lowest BCUT2D eigenvalue weighted by molar-refractivity contribution is 0.0931. The van der Waals surface area contributed by atoms with Crippen LogP contribution in [0.4, 0.5) is 11.6 Å². The van der Waals surface area contributed by atoms with Crippen molar-refractivity contribution < 1.29 is 4.79 Å². The van der Waals surface area contributed by atoms with E-state index in [1.165, 1.54) is 31.2 Å². The summed E-state index contributed by atoms with van der Waals surface area (Å²) in [6.07, 6.45) is 6.96. The molecule has 0 unspecified atom stereocenters. The number of benzene rings is 1. The number of amides is 1. The summed E-state index contributed by atoms with van der Waals surface area (Å²) in [6.45, 7) is 8.05. The van der Waals surface area contributed by atoms with Crippen LogP contribution in [0.3, 0.4) is 0 Å². The Hall–Kier alpha value is -2.63. The molecule has 2 saturated heterocycles. The molecule has 1 aromatic carbocycles. The highest BCUT2D eigenvalue weighted by atomic mass is 16.1.